The number of Topliss-reactive ketones (excluding diaryl/α,β-unsaturated/α-hetero) is 1. The lowest BCUT2D eigenvalue weighted by Crippen LogP contribution is -2.24. The maximum atomic E-state index is 11.4. The first-order chi connectivity index (χ1) is 9.24. The molecule has 0 unspecified atom stereocenters. The molecule has 98 valence electrons. The molecule has 0 saturated heterocycles. The van der Waals surface area contributed by atoms with Gasteiger partial charge in [-0.2, -0.15) is 0 Å². The van der Waals surface area contributed by atoms with Gasteiger partial charge in [0.15, 0.2) is 5.78 Å². The molecular weight excluding hydrogens is 238 g/mol. The minimum atomic E-state index is 0.139. The topological polar surface area (TPSA) is 38.1 Å². The van der Waals surface area contributed by atoms with E-state index in [2.05, 4.69) is 20.5 Å². The lowest BCUT2D eigenvalue weighted by Gasteiger charge is -2.19. The molecule has 4 nitrogen and oxygen atoms in total. The second-order valence-electron chi connectivity index (χ2n) is 4.94. The van der Waals surface area contributed by atoms with Crippen LogP contribution < -0.4 is 4.90 Å². The van der Waals surface area contributed by atoms with Crippen LogP contribution in [0.4, 0.5) is 5.69 Å². The van der Waals surface area contributed by atoms with Crippen molar-refractivity contribution in [2.75, 3.05) is 18.0 Å². The summed E-state index contributed by atoms with van der Waals surface area (Å²) in [5.41, 5.74) is 3.37. The Balaban J connectivity index is 1.73. The molecule has 0 fully saturated rings. The van der Waals surface area contributed by atoms with E-state index in [4.69, 9.17) is 0 Å². The number of hydrogen-bond donors (Lipinski definition) is 0. The van der Waals surface area contributed by atoms with Crippen LogP contribution in [0.2, 0.25) is 0 Å². The predicted octanol–water partition coefficient (Wildman–Crippen LogP) is 2.15. The summed E-state index contributed by atoms with van der Waals surface area (Å²) in [5.74, 6) is 0.139. The summed E-state index contributed by atoms with van der Waals surface area (Å²) in [5, 5.41) is 0. The number of hydrogen-bond acceptors (Lipinski definition) is 3. The van der Waals surface area contributed by atoms with Crippen LogP contribution in [0.25, 0.3) is 0 Å². The predicted molar refractivity (Wildman–Crippen MR) is 74.6 cm³/mol. The Kier molecular flexibility index (Phi) is 3.07. The molecule has 0 N–H and O–H groups in total. The molecule has 0 bridgehead atoms. The highest BCUT2D eigenvalue weighted by atomic mass is 16.1. The summed E-state index contributed by atoms with van der Waals surface area (Å²) in [6, 6.07) is 6.04. The van der Waals surface area contributed by atoms with Crippen LogP contribution >= 0.6 is 0 Å². The fourth-order valence-corrected chi connectivity index (χ4v) is 2.58. The minimum Gasteiger partial charge on any atom is -0.369 e. The average Bonchev–Trinajstić information content (AvgIpc) is 3.05. The van der Waals surface area contributed by atoms with Gasteiger partial charge in [0.25, 0.3) is 0 Å². The number of carbonyl (C=O) groups is 1. The van der Waals surface area contributed by atoms with Crippen molar-refractivity contribution in [3.05, 3.63) is 48.0 Å². The average molecular weight is 255 g/mol. The first-order valence-corrected chi connectivity index (χ1v) is 6.58. The third-order valence-electron chi connectivity index (χ3n) is 3.67. The molecule has 2 heterocycles. The highest BCUT2D eigenvalue weighted by molar-refractivity contribution is 5.94. The van der Waals surface area contributed by atoms with Crippen molar-refractivity contribution >= 4 is 11.5 Å². The van der Waals surface area contributed by atoms with Crippen LogP contribution in [0.15, 0.2) is 36.9 Å². The van der Waals surface area contributed by atoms with E-state index < -0.39 is 0 Å². The summed E-state index contributed by atoms with van der Waals surface area (Å²) >= 11 is 0. The third-order valence-corrected chi connectivity index (χ3v) is 3.67. The van der Waals surface area contributed by atoms with E-state index in [1.165, 1.54) is 11.3 Å². The highest BCUT2D eigenvalue weighted by Gasteiger charge is 2.19. The van der Waals surface area contributed by atoms with Gasteiger partial charge < -0.3 is 9.47 Å². The second-order valence-corrected chi connectivity index (χ2v) is 4.94. The Labute approximate surface area is 112 Å². The molecule has 1 aromatic heterocycles. The van der Waals surface area contributed by atoms with E-state index in [-0.39, 0.29) is 5.78 Å². The number of fused-ring (bicyclic) bond motifs is 1. The summed E-state index contributed by atoms with van der Waals surface area (Å²) in [6.45, 7) is 4.57. The molecule has 1 aliphatic heterocycles. The second kappa shape index (κ2) is 4.88. The number of rotatable bonds is 4. The fraction of sp³-hybridized carbons (Fsp3) is 0.333. The lowest BCUT2D eigenvalue weighted by molar-refractivity contribution is 0.101. The van der Waals surface area contributed by atoms with Crippen molar-refractivity contribution in [3.8, 4) is 0 Å². The third kappa shape index (κ3) is 2.38. The molecule has 3 rings (SSSR count). The number of nitrogens with zero attached hydrogens (tertiary/aromatic N) is 3. The molecule has 4 heteroatoms. The fourth-order valence-electron chi connectivity index (χ4n) is 2.58. The monoisotopic (exact) mass is 255 g/mol. The van der Waals surface area contributed by atoms with Gasteiger partial charge in [-0.15, -0.1) is 0 Å². The zero-order chi connectivity index (χ0) is 13.2. The summed E-state index contributed by atoms with van der Waals surface area (Å²) in [7, 11) is 0. The Morgan fingerprint density at radius 3 is 3.00 bits per heavy atom. The molecule has 19 heavy (non-hydrogen) atoms. The maximum absolute atomic E-state index is 11.4. The number of imidazole rings is 1. The van der Waals surface area contributed by atoms with E-state index in [9.17, 15) is 4.79 Å². The van der Waals surface area contributed by atoms with Gasteiger partial charge >= 0.3 is 0 Å². The molecule has 0 spiro atoms. The maximum Gasteiger partial charge on any atom is 0.159 e. The number of aromatic nitrogens is 2. The van der Waals surface area contributed by atoms with E-state index >= 15 is 0 Å². The van der Waals surface area contributed by atoms with E-state index in [1.54, 1.807) is 13.1 Å². The molecule has 2 aromatic rings. The van der Waals surface area contributed by atoms with Crippen molar-refractivity contribution in [2.45, 2.75) is 19.9 Å². The highest BCUT2D eigenvalue weighted by Crippen LogP contribution is 2.28. The molecule has 0 atom stereocenters. The molecule has 0 amide bonds. The molecular formula is C15H17N3O. The smallest absolute Gasteiger partial charge is 0.159 e. The van der Waals surface area contributed by atoms with Crippen LogP contribution in [-0.4, -0.2) is 28.4 Å². The first-order valence-electron chi connectivity index (χ1n) is 6.58. The van der Waals surface area contributed by atoms with Crippen LogP contribution in [0.5, 0.6) is 0 Å². The normalized spacial score (nSPS) is 13.6. The van der Waals surface area contributed by atoms with Gasteiger partial charge in [0, 0.05) is 43.3 Å². The molecule has 1 aliphatic rings. The van der Waals surface area contributed by atoms with Crippen LogP contribution in [0, 0.1) is 0 Å². The van der Waals surface area contributed by atoms with Crippen molar-refractivity contribution in [2.24, 2.45) is 0 Å². The molecule has 0 saturated carbocycles. The minimum absolute atomic E-state index is 0.139. The lowest BCUT2D eigenvalue weighted by atomic mass is 10.1. The van der Waals surface area contributed by atoms with Gasteiger partial charge in [0.1, 0.15) is 0 Å². The Hall–Kier alpha value is -2.10. The van der Waals surface area contributed by atoms with Crippen LogP contribution in [-0.2, 0) is 13.0 Å². The van der Waals surface area contributed by atoms with Gasteiger partial charge in [0.05, 0.1) is 6.33 Å². The van der Waals surface area contributed by atoms with Crippen LogP contribution in [0.3, 0.4) is 0 Å². The van der Waals surface area contributed by atoms with Crippen molar-refractivity contribution in [1.29, 1.82) is 0 Å². The van der Waals surface area contributed by atoms with Gasteiger partial charge in [-0.25, -0.2) is 4.98 Å². The Bertz CT molecular complexity index is 589. The number of ketones is 1. The van der Waals surface area contributed by atoms with E-state index in [0.717, 1.165) is 31.6 Å². The van der Waals surface area contributed by atoms with Gasteiger partial charge in [0.2, 0.25) is 0 Å². The van der Waals surface area contributed by atoms with Crippen molar-refractivity contribution in [3.63, 3.8) is 0 Å². The molecule has 0 aliphatic carbocycles. The zero-order valence-corrected chi connectivity index (χ0v) is 11.0. The Morgan fingerprint density at radius 1 is 1.37 bits per heavy atom. The standard InChI is InChI=1S/C15H17N3O/c1-12(19)13-2-3-15-14(10-13)4-6-18(15)9-8-17-7-5-16-11-17/h2-3,5,7,10-11H,4,6,8-9H2,1H3. The zero-order valence-electron chi connectivity index (χ0n) is 11.0. The molecule has 0 radical (unpaired) electrons. The van der Waals surface area contributed by atoms with Crippen LogP contribution in [0.1, 0.15) is 22.8 Å². The van der Waals surface area contributed by atoms with Crippen molar-refractivity contribution in [1.82, 2.24) is 9.55 Å². The summed E-state index contributed by atoms with van der Waals surface area (Å²) < 4.78 is 2.09. The number of carbonyl (C=O) groups excluding carboxylic acids is 1. The SMILES string of the molecule is CC(=O)c1ccc2c(c1)CCN2CCn1ccnc1. The van der Waals surface area contributed by atoms with E-state index in [1.807, 2.05) is 24.7 Å². The quantitative estimate of drug-likeness (QED) is 0.786. The van der Waals surface area contributed by atoms with E-state index in [0.29, 0.717) is 0 Å². The largest absolute Gasteiger partial charge is 0.369 e. The summed E-state index contributed by atoms with van der Waals surface area (Å²) in [6.07, 6.45) is 6.66. The molecule has 1 aromatic carbocycles. The first kappa shape index (κ1) is 12.0. The number of anilines is 1. The van der Waals surface area contributed by atoms with Crippen molar-refractivity contribution < 1.29 is 4.79 Å². The Morgan fingerprint density at radius 2 is 2.26 bits per heavy atom. The van der Waals surface area contributed by atoms with Gasteiger partial charge in [-0.1, -0.05) is 0 Å². The van der Waals surface area contributed by atoms with Gasteiger partial charge in [-0.3, -0.25) is 4.79 Å². The summed E-state index contributed by atoms with van der Waals surface area (Å²) in [4.78, 5) is 17.8. The van der Waals surface area contributed by atoms with Gasteiger partial charge in [-0.05, 0) is 37.1 Å². The number of benzene rings is 1.